The van der Waals surface area contributed by atoms with E-state index in [4.69, 9.17) is 0 Å². The Kier molecular flexibility index (Phi) is 3.51. The van der Waals surface area contributed by atoms with Gasteiger partial charge in [-0.25, -0.2) is 0 Å². The Bertz CT molecular complexity index is 185. The molecular formula is C11H18O. The molecule has 68 valence electrons. The highest BCUT2D eigenvalue weighted by molar-refractivity contribution is 5.97. The average molecular weight is 166 g/mol. The predicted octanol–water partition coefficient (Wildman–Crippen LogP) is 3.10. The zero-order valence-corrected chi connectivity index (χ0v) is 8.10. The van der Waals surface area contributed by atoms with Crippen LogP contribution in [0.4, 0.5) is 0 Å². The van der Waals surface area contributed by atoms with Gasteiger partial charge in [0.05, 0.1) is 0 Å². The van der Waals surface area contributed by atoms with E-state index in [0.717, 1.165) is 24.8 Å². The topological polar surface area (TPSA) is 17.1 Å². The highest BCUT2D eigenvalue weighted by Crippen LogP contribution is 2.28. The van der Waals surface area contributed by atoms with Gasteiger partial charge in [0.1, 0.15) is 0 Å². The summed E-state index contributed by atoms with van der Waals surface area (Å²) in [5.41, 5.74) is 1.03. The zero-order valence-electron chi connectivity index (χ0n) is 8.10. The molecule has 0 amide bonds. The summed E-state index contributed by atoms with van der Waals surface area (Å²) < 4.78 is 0. The van der Waals surface area contributed by atoms with E-state index in [9.17, 15) is 4.79 Å². The SMILES string of the molecule is CC=C(CC)C(=O)C1CCCC1. The Morgan fingerprint density at radius 2 is 2.00 bits per heavy atom. The minimum atomic E-state index is 0.358. The normalized spacial score (nSPS) is 20.0. The molecule has 1 fully saturated rings. The number of hydrogen-bond donors (Lipinski definition) is 0. The van der Waals surface area contributed by atoms with Gasteiger partial charge in [-0.2, -0.15) is 0 Å². The third-order valence-electron chi connectivity index (χ3n) is 2.77. The van der Waals surface area contributed by atoms with Crippen LogP contribution >= 0.6 is 0 Å². The van der Waals surface area contributed by atoms with Crippen molar-refractivity contribution in [2.75, 3.05) is 0 Å². The molecule has 0 aromatic carbocycles. The van der Waals surface area contributed by atoms with Gasteiger partial charge in [-0.3, -0.25) is 4.79 Å². The molecule has 0 aliphatic heterocycles. The van der Waals surface area contributed by atoms with Gasteiger partial charge in [-0.1, -0.05) is 25.8 Å². The maximum Gasteiger partial charge on any atom is 0.161 e. The molecule has 12 heavy (non-hydrogen) atoms. The molecule has 1 aliphatic carbocycles. The second kappa shape index (κ2) is 4.44. The third kappa shape index (κ3) is 1.96. The highest BCUT2D eigenvalue weighted by Gasteiger charge is 2.23. The van der Waals surface area contributed by atoms with Crippen molar-refractivity contribution in [1.82, 2.24) is 0 Å². The molecule has 0 atom stereocenters. The van der Waals surface area contributed by atoms with E-state index in [1.807, 2.05) is 13.0 Å². The molecule has 0 spiro atoms. The van der Waals surface area contributed by atoms with Crippen LogP contribution in [0.3, 0.4) is 0 Å². The number of carbonyl (C=O) groups excluding carboxylic acids is 1. The number of hydrogen-bond acceptors (Lipinski definition) is 1. The first-order valence-corrected chi connectivity index (χ1v) is 4.99. The van der Waals surface area contributed by atoms with Gasteiger partial charge < -0.3 is 0 Å². The van der Waals surface area contributed by atoms with Crippen LogP contribution in [0.2, 0.25) is 0 Å². The molecule has 0 aromatic rings. The molecule has 1 nitrogen and oxygen atoms in total. The van der Waals surface area contributed by atoms with Gasteiger partial charge >= 0.3 is 0 Å². The summed E-state index contributed by atoms with van der Waals surface area (Å²) >= 11 is 0. The van der Waals surface area contributed by atoms with E-state index >= 15 is 0 Å². The fourth-order valence-corrected chi connectivity index (χ4v) is 1.97. The van der Waals surface area contributed by atoms with Crippen LogP contribution in [0.25, 0.3) is 0 Å². The second-order valence-corrected chi connectivity index (χ2v) is 3.51. The molecule has 1 heteroatoms. The Morgan fingerprint density at radius 1 is 1.42 bits per heavy atom. The Hall–Kier alpha value is -0.590. The van der Waals surface area contributed by atoms with Gasteiger partial charge in [0.2, 0.25) is 0 Å². The molecule has 0 aromatic heterocycles. The first kappa shape index (κ1) is 9.50. The quantitative estimate of drug-likeness (QED) is 0.589. The van der Waals surface area contributed by atoms with Crippen molar-refractivity contribution in [2.24, 2.45) is 5.92 Å². The van der Waals surface area contributed by atoms with Gasteiger partial charge in [-0.05, 0) is 31.8 Å². The van der Waals surface area contributed by atoms with Crippen LogP contribution in [-0.4, -0.2) is 5.78 Å². The zero-order chi connectivity index (χ0) is 8.97. The first-order chi connectivity index (χ1) is 5.79. The average Bonchev–Trinajstić information content (AvgIpc) is 2.58. The monoisotopic (exact) mass is 166 g/mol. The first-order valence-electron chi connectivity index (χ1n) is 4.99. The maximum atomic E-state index is 11.7. The molecule has 1 saturated carbocycles. The van der Waals surface area contributed by atoms with Crippen molar-refractivity contribution in [3.8, 4) is 0 Å². The molecule has 0 heterocycles. The van der Waals surface area contributed by atoms with Crippen molar-refractivity contribution >= 4 is 5.78 Å². The van der Waals surface area contributed by atoms with Crippen molar-refractivity contribution in [3.63, 3.8) is 0 Å². The Morgan fingerprint density at radius 3 is 2.42 bits per heavy atom. The van der Waals surface area contributed by atoms with Crippen molar-refractivity contribution in [1.29, 1.82) is 0 Å². The van der Waals surface area contributed by atoms with Gasteiger partial charge in [0, 0.05) is 5.92 Å². The summed E-state index contributed by atoms with van der Waals surface area (Å²) in [5.74, 6) is 0.772. The van der Waals surface area contributed by atoms with E-state index in [1.54, 1.807) is 0 Å². The lowest BCUT2D eigenvalue weighted by atomic mass is 9.95. The fraction of sp³-hybridized carbons (Fsp3) is 0.727. The lowest BCUT2D eigenvalue weighted by Crippen LogP contribution is -2.12. The second-order valence-electron chi connectivity index (χ2n) is 3.51. The smallest absolute Gasteiger partial charge is 0.161 e. The van der Waals surface area contributed by atoms with Crippen LogP contribution in [0.15, 0.2) is 11.6 Å². The van der Waals surface area contributed by atoms with Gasteiger partial charge in [0.25, 0.3) is 0 Å². The summed E-state index contributed by atoms with van der Waals surface area (Å²) in [7, 11) is 0. The fourth-order valence-electron chi connectivity index (χ4n) is 1.97. The largest absolute Gasteiger partial charge is 0.294 e. The number of carbonyl (C=O) groups is 1. The van der Waals surface area contributed by atoms with Gasteiger partial charge in [-0.15, -0.1) is 0 Å². The molecular weight excluding hydrogens is 148 g/mol. The number of ketones is 1. The molecule has 0 N–H and O–H groups in total. The van der Waals surface area contributed by atoms with E-state index in [-0.39, 0.29) is 0 Å². The molecule has 0 bridgehead atoms. The molecule has 0 saturated heterocycles. The molecule has 1 aliphatic rings. The molecule has 0 unspecified atom stereocenters. The number of allylic oxidation sites excluding steroid dienone is 2. The van der Waals surface area contributed by atoms with E-state index < -0.39 is 0 Å². The summed E-state index contributed by atoms with van der Waals surface area (Å²) in [4.78, 5) is 11.7. The maximum absolute atomic E-state index is 11.7. The van der Waals surface area contributed by atoms with Crippen molar-refractivity contribution in [2.45, 2.75) is 46.0 Å². The van der Waals surface area contributed by atoms with Crippen LogP contribution in [0, 0.1) is 5.92 Å². The van der Waals surface area contributed by atoms with E-state index in [0.29, 0.717) is 11.7 Å². The number of Topliss-reactive ketones (excluding diaryl/α,β-unsaturated/α-hetero) is 1. The number of rotatable bonds is 3. The van der Waals surface area contributed by atoms with Crippen LogP contribution in [0.1, 0.15) is 46.0 Å². The summed E-state index contributed by atoms with van der Waals surface area (Å²) in [6, 6.07) is 0. The Balaban J connectivity index is 2.56. The van der Waals surface area contributed by atoms with Crippen LogP contribution in [-0.2, 0) is 4.79 Å². The third-order valence-corrected chi connectivity index (χ3v) is 2.77. The van der Waals surface area contributed by atoms with Crippen LogP contribution in [0.5, 0.6) is 0 Å². The highest BCUT2D eigenvalue weighted by atomic mass is 16.1. The summed E-state index contributed by atoms with van der Waals surface area (Å²) in [6.07, 6.45) is 7.60. The summed E-state index contributed by atoms with van der Waals surface area (Å²) in [5, 5.41) is 0. The molecule has 1 rings (SSSR count). The van der Waals surface area contributed by atoms with Gasteiger partial charge in [0.15, 0.2) is 5.78 Å². The van der Waals surface area contributed by atoms with Crippen molar-refractivity contribution in [3.05, 3.63) is 11.6 Å². The van der Waals surface area contributed by atoms with E-state index in [2.05, 4.69) is 6.92 Å². The predicted molar refractivity (Wildman–Crippen MR) is 51.0 cm³/mol. The van der Waals surface area contributed by atoms with Crippen LogP contribution < -0.4 is 0 Å². The Labute approximate surface area is 74.9 Å². The minimum absolute atomic E-state index is 0.358. The minimum Gasteiger partial charge on any atom is -0.294 e. The van der Waals surface area contributed by atoms with Crippen molar-refractivity contribution < 1.29 is 4.79 Å². The standard InChI is InChI=1S/C11H18O/c1-3-9(4-2)11(12)10-7-5-6-8-10/h3,10H,4-8H2,1-2H3. The lowest BCUT2D eigenvalue weighted by Gasteiger charge is -2.08. The van der Waals surface area contributed by atoms with E-state index in [1.165, 1.54) is 12.8 Å². The lowest BCUT2D eigenvalue weighted by molar-refractivity contribution is -0.119. The molecule has 0 radical (unpaired) electrons. The summed E-state index contributed by atoms with van der Waals surface area (Å²) in [6.45, 7) is 4.02.